The zero-order valence-electron chi connectivity index (χ0n) is 8.37. The number of rotatable bonds is 1. The first-order valence-corrected chi connectivity index (χ1v) is 5.75. The predicted molar refractivity (Wildman–Crippen MR) is 61.5 cm³/mol. The van der Waals surface area contributed by atoms with E-state index in [0.717, 1.165) is 33.9 Å². The topological polar surface area (TPSA) is 38.0 Å². The number of benzene rings is 1. The highest BCUT2D eigenvalue weighted by molar-refractivity contribution is 9.10. The van der Waals surface area contributed by atoms with Crippen molar-refractivity contribution in [1.82, 2.24) is 9.78 Å². The van der Waals surface area contributed by atoms with E-state index in [-0.39, 0.29) is 0 Å². The number of aliphatic hydroxyl groups is 1. The molecule has 0 amide bonds. The van der Waals surface area contributed by atoms with E-state index in [1.807, 2.05) is 29.9 Å². The van der Waals surface area contributed by atoms with Crippen molar-refractivity contribution in [2.24, 2.45) is 7.05 Å². The van der Waals surface area contributed by atoms with E-state index in [4.69, 9.17) is 0 Å². The summed E-state index contributed by atoms with van der Waals surface area (Å²) >= 11 is 3.45. The summed E-state index contributed by atoms with van der Waals surface area (Å²) in [5.41, 5.74) is 1.45. The number of halogens is 1. The summed E-state index contributed by atoms with van der Waals surface area (Å²) in [7, 11) is 1.91. The number of hydrogen-bond donors (Lipinski definition) is 1. The first-order valence-electron chi connectivity index (χ1n) is 4.96. The number of aromatic nitrogens is 2. The van der Waals surface area contributed by atoms with Crippen molar-refractivity contribution in [3.63, 3.8) is 0 Å². The van der Waals surface area contributed by atoms with Crippen molar-refractivity contribution < 1.29 is 5.11 Å². The Hall–Kier alpha value is -0.870. The molecule has 0 radical (unpaired) electrons. The molecule has 0 aliphatic heterocycles. The third kappa shape index (κ3) is 1.25. The Morgan fingerprint density at radius 3 is 2.87 bits per heavy atom. The molecular weight excluding hydrogens is 256 g/mol. The molecule has 1 aromatic carbocycles. The van der Waals surface area contributed by atoms with Gasteiger partial charge in [0.25, 0.3) is 0 Å². The van der Waals surface area contributed by atoms with E-state index < -0.39 is 5.60 Å². The largest absolute Gasteiger partial charge is 0.385 e. The fourth-order valence-electron chi connectivity index (χ4n) is 2.04. The SMILES string of the molecule is Cn1nc(Br)c2c(C3(O)CC3)cccc21. The Balaban J connectivity index is 2.39. The molecule has 15 heavy (non-hydrogen) atoms. The lowest BCUT2D eigenvalue weighted by Crippen LogP contribution is -2.04. The maximum absolute atomic E-state index is 10.2. The highest BCUT2D eigenvalue weighted by atomic mass is 79.9. The molecule has 0 saturated heterocycles. The van der Waals surface area contributed by atoms with Gasteiger partial charge in [-0.05, 0) is 40.4 Å². The van der Waals surface area contributed by atoms with Crippen molar-refractivity contribution in [1.29, 1.82) is 0 Å². The van der Waals surface area contributed by atoms with Crippen LogP contribution >= 0.6 is 15.9 Å². The standard InChI is InChI=1S/C11H11BrN2O/c1-14-8-4-2-3-7(11(15)5-6-11)9(8)10(12)13-14/h2-4,15H,5-6H2,1H3. The Morgan fingerprint density at radius 1 is 1.47 bits per heavy atom. The van der Waals surface area contributed by atoms with Gasteiger partial charge in [0.2, 0.25) is 0 Å². The van der Waals surface area contributed by atoms with Gasteiger partial charge in [-0.3, -0.25) is 4.68 Å². The average Bonchev–Trinajstić information content (AvgIpc) is 2.89. The molecule has 0 atom stereocenters. The van der Waals surface area contributed by atoms with Crippen LogP contribution in [0.1, 0.15) is 18.4 Å². The van der Waals surface area contributed by atoms with Crippen molar-refractivity contribution in [2.75, 3.05) is 0 Å². The van der Waals surface area contributed by atoms with E-state index in [2.05, 4.69) is 21.0 Å². The van der Waals surface area contributed by atoms with Crippen molar-refractivity contribution in [3.8, 4) is 0 Å². The summed E-state index contributed by atoms with van der Waals surface area (Å²) in [6.07, 6.45) is 1.71. The van der Waals surface area contributed by atoms with E-state index in [1.165, 1.54) is 0 Å². The zero-order valence-corrected chi connectivity index (χ0v) is 9.95. The Labute approximate surface area is 95.8 Å². The van der Waals surface area contributed by atoms with Gasteiger partial charge in [0.1, 0.15) is 4.60 Å². The predicted octanol–water partition coefficient (Wildman–Crippen LogP) is 2.32. The minimum atomic E-state index is -0.606. The third-order valence-electron chi connectivity index (χ3n) is 3.06. The fraction of sp³-hybridized carbons (Fsp3) is 0.364. The van der Waals surface area contributed by atoms with E-state index >= 15 is 0 Å². The molecule has 1 fully saturated rings. The quantitative estimate of drug-likeness (QED) is 0.861. The molecule has 1 aliphatic carbocycles. The van der Waals surface area contributed by atoms with Gasteiger partial charge in [-0.2, -0.15) is 5.10 Å². The van der Waals surface area contributed by atoms with Crippen molar-refractivity contribution >= 4 is 26.8 Å². The summed E-state index contributed by atoms with van der Waals surface area (Å²) in [6, 6.07) is 5.98. The smallest absolute Gasteiger partial charge is 0.136 e. The van der Waals surface area contributed by atoms with Gasteiger partial charge >= 0.3 is 0 Å². The van der Waals surface area contributed by atoms with Crippen LogP contribution < -0.4 is 0 Å². The van der Waals surface area contributed by atoms with Gasteiger partial charge in [-0.25, -0.2) is 0 Å². The van der Waals surface area contributed by atoms with Crippen LogP contribution in [0.2, 0.25) is 0 Å². The number of aryl methyl sites for hydroxylation is 1. The molecule has 1 aromatic heterocycles. The van der Waals surface area contributed by atoms with Gasteiger partial charge in [0.15, 0.2) is 0 Å². The number of fused-ring (bicyclic) bond motifs is 1. The highest BCUT2D eigenvalue weighted by Crippen LogP contribution is 2.48. The van der Waals surface area contributed by atoms with Crippen LogP contribution in [0.25, 0.3) is 10.9 Å². The number of nitrogens with zero attached hydrogens (tertiary/aromatic N) is 2. The molecule has 78 valence electrons. The minimum absolute atomic E-state index is 0.606. The van der Waals surface area contributed by atoms with Crippen LogP contribution in [0, 0.1) is 0 Å². The second-order valence-corrected chi connectivity index (χ2v) is 4.90. The molecule has 4 heteroatoms. The minimum Gasteiger partial charge on any atom is -0.385 e. The monoisotopic (exact) mass is 266 g/mol. The molecule has 0 spiro atoms. The summed E-state index contributed by atoms with van der Waals surface area (Å²) in [5, 5.41) is 15.5. The third-order valence-corrected chi connectivity index (χ3v) is 3.62. The summed E-state index contributed by atoms with van der Waals surface area (Å²) < 4.78 is 2.64. The first kappa shape index (κ1) is 9.36. The maximum Gasteiger partial charge on any atom is 0.136 e. The lowest BCUT2D eigenvalue weighted by atomic mass is 10.0. The van der Waals surface area contributed by atoms with Gasteiger partial charge < -0.3 is 5.11 Å². The zero-order chi connectivity index (χ0) is 10.6. The molecule has 3 nitrogen and oxygen atoms in total. The molecule has 1 N–H and O–H groups in total. The van der Waals surface area contributed by atoms with E-state index in [9.17, 15) is 5.11 Å². The summed E-state index contributed by atoms with van der Waals surface area (Å²) in [5.74, 6) is 0. The summed E-state index contributed by atoms with van der Waals surface area (Å²) in [4.78, 5) is 0. The number of hydrogen-bond acceptors (Lipinski definition) is 2. The second-order valence-electron chi connectivity index (χ2n) is 4.15. The molecule has 1 aliphatic rings. The molecule has 3 rings (SSSR count). The highest BCUT2D eigenvalue weighted by Gasteiger charge is 2.43. The molecule has 1 saturated carbocycles. The molecular formula is C11H11BrN2O. The second kappa shape index (κ2) is 2.83. The van der Waals surface area contributed by atoms with Crippen LogP contribution in [0.4, 0.5) is 0 Å². The van der Waals surface area contributed by atoms with Gasteiger partial charge in [0, 0.05) is 12.4 Å². The maximum atomic E-state index is 10.2. The lowest BCUT2D eigenvalue weighted by molar-refractivity contribution is 0.153. The van der Waals surface area contributed by atoms with Gasteiger partial charge in [-0.15, -0.1) is 0 Å². The Morgan fingerprint density at radius 2 is 2.20 bits per heavy atom. The van der Waals surface area contributed by atoms with Crippen LogP contribution in [-0.4, -0.2) is 14.9 Å². The Bertz CT molecular complexity index is 543. The molecule has 1 heterocycles. The van der Waals surface area contributed by atoms with Gasteiger partial charge in [-0.1, -0.05) is 12.1 Å². The van der Waals surface area contributed by atoms with Crippen molar-refractivity contribution in [2.45, 2.75) is 18.4 Å². The lowest BCUT2D eigenvalue weighted by Gasteiger charge is -2.09. The van der Waals surface area contributed by atoms with Crippen molar-refractivity contribution in [3.05, 3.63) is 28.4 Å². The van der Waals surface area contributed by atoms with E-state index in [1.54, 1.807) is 0 Å². The van der Waals surface area contributed by atoms with Gasteiger partial charge in [0.05, 0.1) is 11.1 Å². The van der Waals surface area contributed by atoms with Crippen LogP contribution in [0.3, 0.4) is 0 Å². The Kier molecular flexibility index (Phi) is 1.77. The first-order chi connectivity index (χ1) is 7.12. The average molecular weight is 267 g/mol. The summed E-state index contributed by atoms with van der Waals surface area (Å²) in [6.45, 7) is 0. The molecule has 0 bridgehead atoms. The van der Waals surface area contributed by atoms with Crippen LogP contribution in [0.15, 0.2) is 22.8 Å². The normalized spacial score (nSPS) is 18.3. The fourth-order valence-corrected chi connectivity index (χ4v) is 2.69. The van der Waals surface area contributed by atoms with Crippen LogP contribution in [0.5, 0.6) is 0 Å². The molecule has 2 aromatic rings. The van der Waals surface area contributed by atoms with E-state index in [0.29, 0.717) is 0 Å². The molecule has 0 unspecified atom stereocenters. The van der Waals surface area contributed by atoms with Crippen LogP contribution in [-0.2, 0) is 12.6 Å².